The molecule has 5 N–H and O–H groups in total. The monoisotopic (exact) mass is 592 g/mol. The minimum atomic E-state index is -0.103. The number of aliphatic imine (C=N–C) groups is 2. The van der Waals surface area contributed by atoms with Crippen molar-refractivity contribution < 1.29 is 4.79 Å². The Bertz CT molecular complexity index is 1210. The van der Waals surface area contributed by atoms with Crippen molar-refractivity contribution in [2.75, 3.05) is 13.1 Å². The van der Waals surface area contributed by atoms with E-state index in [0.717, 1.165) is 41.6 Å². The summed E-state index contributed by atoms with van der Waals surface area (Å²) in [6, 6.07) is 13.9. The molecule has 1 fully saturated rings. The molecular formula is C29H37BrN8O. The summed E-state index contributed by atoms with van der Waals surface area (Å²) in [5.41, 5.74) is 17.7. The predicted octanol–water partition coefficient (Wildman–Crippen LogP) is 5.04. The summed E-state index contributed by atoms with van der Waals surface area (Å²) in [4.78, 5) is 29.1. The van der Waals surface area contributed by atoms with Gasteiger partial charge in [0.05, 0.1) is 18.2 Å². The zero-order chi connectivity index (χ0) is 28.5. The van der Waals surface area contributed by atoms with E-state index in [-0.39, 0.29) is 11.8 Å². The van der Waals surface area contributed by atoms with Gasteiger partial charge in [-0.1, -0.05) is 72.3 Å². The highest BCUT2D eigenvalue weighted by molar-refractivity contribution is 9.11. The quantitative estimate of drug-likeness (QED) is 0.162. The number of rotatable bonds is 9. The summed E-state index contributed by atoms with van der Waals surface area (Å²) < 4.78 is 0. The van der Waals surface area contributed by atoms with Crippen LogP contribution in [0.3, 0.4) is 0 Å². The van der Waals surface area contributed by atoms with Gasteiger partial charge >= 0.3 is 0 Å². The molecule has 2 aromatic rings. The number of benzene rings is 1. The van der Waals surface area contributed by atoms with Gasteiger partial charge in [-0.2, -0.15) is 5.10 Å². The highest BCUT2D eigenvalue weighted by Gasteiger charge is 2.23. The molecule has 1 aliphatic rings. The van der Waals surface area contributed by atoms with Crippen LogP contribution in [0.25, 0.3) is 16.8 Å². The smallest absolute Gasteiger partial charge is 0.272 e. The van der Waals surface area contributed by atoms with Crippen LogP contribution >= 0.6 is 15.9 Å². The van der Waals surface area contributed by atoms with E-state index in [4.69, 9.17) is 11.5 Å². The van der Waals surface area contributed by atoms with Gasteiger partial charge in [-0.25, -0.2) is 4.99 Å². The predicted molar refractivity (Wildman–Crippen MR) is 166 cm³/mol. The van der Waals surface area contributed by atoms with E-state index in [1.54, 1.807) is 41.5 Å². The number of likely N-dealkylation sites (tertiary alicyclic amines) is 1. The maximum absolute atomic E-state index is 12.6. The number of hydrazone groups is 1. The molecule has 0 atom stereocenters. The van der Waals surface area contributed by atoms with E-state index in [0.29, 0.717) is 24.6 Å². The Hall–Kier alpha value is -4.05. The van der Waals surface area contributed by atoms with Gasteiger partial charge in [-0.05, 0) is 31.7 Å². The van der Waals surface area contributed by atoms with Crippen molar-refractivity contribution in [3.63, 3.8) is 0 Å². The average Bonchev–Trinajstić information content (AvgIpc) is 3.00. The second-order valence-corrected chi connectivity index (χ2v) is 8.65. The van der Waals surface area contributed by atoms with Crippen molar-refractivity contribution >= 4 is 46.2 Å². The second-order valence-electron chi connectivity index (χ2n) is 8.20. The van der Waals surface area contributed by atoms with E-state index in [2.05, 4.69) is 41.4 Å². The number of allylic oxidation sites excluding steroid dienone is 2. The second kappa shape index (κ2) is 17.5. The highest BCUT2D eigenvalue weighted by Crippen LogP contribution is 2.20. The Kier molecular flexibility index (Phi) is 14.0. The SMILES string of the molecule is C/C=C(\N=CN)C(=O)N1CCC(C=N/C=C(/C=N\N/C(N)=C/Br)c2ccc(-c3ccccc3)nc2)CC1.CC. The first-order chi connectivity index (χ1) is 19.0. The van der Waals surface area contributed by atoms with Crippen LogP contribution in [-0.2, 0) is 4.79 Å². The van der Waals surface area contributed by atoms with Crippen LogP contribution in [0.15, 0.2) is 92.5 Å². The molecule has 10 heteroatoms. The number of piperidine rings is 1. The van der Waals surface area contributed by atoms with E-state index < -0.39 is 0 Å². The Balaban J connectivity index is 0.00000260. The van der Waals surface area contributed by atoms with Crippen molar-refractivity contribution in [1.82, 2.24) is 15.3 Å². The minimum absolute atomic E-state index is 0.103. The molecular weight excluding hydrogens is 556 g/mol. The molecule has 1 aliphatic heterocycles. The van der Waals surface area contributed by atoms with Crippen LogP contribution < -0.4 is 16.9 Å². The van der Waals surface area contributed by atoms with Crippen molar-refractivity contribution in [2.24, 2.45) is 32.5 Å². The molecule has 9 nitrogen and oxygen atoms in total. The molecule has 206 valence electrons. The summed E-state index contributed by atoms with van der Waals surface area (Å²) in [7, 11) is 0. The molecule has 3 rings (SSSR count). The number of nitrogens with zero attached hydrogens (tertiary/aromatic N) is 5. The molecule has 1 saturated heterocycles. The molecule has 0 spiro atoms. The lowest BCUT2D eigenvalue weighted by molar-refractivity contribution is -0.128. The Morgan fingerprint density at radius 1 is 1.15 bits per heavy atom. The fourth-order valence-corrected chi connectivity index (χ4v) is 3.82. The van der Waals surface area contributed by atoms with Gasteiger partial charge < -0.3 is 16.4 Å². The van der Waals surface area contributed by atoms with E-state index >= 15 is 0 Å². The molecule has 1 amide bonds. The maximum Gasteiger partial charge on any atom is 0.272 e. The van der Waals surface area contributed by atoms with Crippen molar-refractivity contribution in [2.45, 2.75) is 33.6 Å². The van der Waals surface area contributed by atoms with Crippen LogP contribution in [0.2, 0.25) is 0 Å². The number of nitrogens with one attached hydrogen (secondary N) is 1. The van der Waals surface area contributed by atoms with Crippen molar-refractivity contribution in [3.8, 4) is 11.3 Å². The van der Waals surface area contributed by atoms with Gasteiger partial charge in [0.2, 0.25) is 0 Å². The van der Waals surface area contributed by atoms with E-state index in [1.165, 1.54) is 0 Å². The summed E-state index contributed by atoms with van der Waals surface area (Å²) >= 11 is 3.16. The number of nitrogens with two attached hydrogens (primary N) is 2. The molecule has 2 heterocycles. The Morgan fingerprint density at radius 3 is 2.46 bits per heavy atom. The topological polar surface area (TPSA) is 134 Å². The van der Waals surface area contributed by atoms with Crippen LogP contribution in [0.1, 0.15) is 39.2 Å². The number of pyridine rings is 1. The Labute approximate surface area is 239 Å². The average molecular weight is 594 g/mol. The zero-order valence-corrected chi connectivity index (χ0v) is 24.3. The maximum atomic E-state index is 12.6. The summed E-state index contributed by atoms with van der Waals surface area (Å²) in [6.07, 6.45) is 11.6. The number of aromatic nitrogens is 1. The molecule has 0 unspecified atom stereocenters. The lowest BCUT2D eigenvalue weighted by atomic mass is 9.98. The first kappa shape index (κ1) is 31.2. The van der Waals surface area contributed by atoms with Crippen LogP contribution in [0.5, 0.6) is 0 Å². The van der Waals surface area contributed by atoms with Gasteiger partial charge in [-0.15, -0.1) is 0 Å². The van der Waals surface area contributed by atoms with Gasteiger partial charge in [0.25, 0.3) is 5.91 Å². The molecule has 0 bridgehead atoms. The van der Waals surface area contributed by atoms with E-state index in [9.17, 15) is 4.79 Å². The third-order valence-corrected chi connectivity index (χ3v) is 6.22. The minimum Gasteiger partial charge on any atom is -0.390 e. The first-order valence-electron chi connectivity index (χ1n) is 12.9. The lowest BCUT2D eigenvalue weighted by Crippen LogP contribution is -2.39. The summed E-state index contributed by atoms with van der Waals surface area (Å²) in [5.74, 6) is 0.527. The number of hydrogen-bond donors (Lipinski definition) is 3. The van der Waals surface area contributed by atoms with Gasteiger partial charge in [-0.3, -0.25) is 20.2 Å². The Morgan fingerprint density at radius 2 is 1.87 bits per heavy atom. The van der Waals surface area contributed by atoms with Crippen LogP contribution in [0, 0.1) is 5.92 Å². The van der Waals surface area contributed by atoms with Crippen molar-refractivity contribution in [1.29, 1.82) is 0 Å². The number of hydrogen-bond acceptors (Lipinski definition) is 7. The molecule has 0 saturated carbocycles. The fourth-order valence-electron chi connectivity index (χ4n) is 3.72. The fraction of sp³-hybridized carbons (Fsp3) is 0.276. The largest absolute Gasteiger partial charge is 0.390 e. The summed E-state index contributed by atoms with van der Waals surface area (Å²) in [6.45, 7) is 7.05. The molecule has 0 aliphatic carbocycles. The molecule has 0 radical (unpaired) electrons. The third-order valence-electron chi connectivity index (χ3n) is 5.72. The third kappa shape index (κ3) is 9.97. The van der Waals surface area contributed by atoms with E-state index in [1.807, 2.05) is 62.5 Å². The molecule has 1 aromatic heterocycles. The number of halogens is 1. The van der Waals surface area contributed by atoms with Gasteiger partial charge in [0.1, 0.15) is 11.5 Å². The standard InChI is InChI=1S/C27H31BrN8O.C2H6/c1-2-24(33-19-29)27(37)36-12-10-20(11-13-36)15-31-16-23(18-34-35-26(30)14-28)22-8-9-25(32-17-22)21-6-4-3-5-7-21;1-2/h2-9,14-20,35H,10-13,30H2,1H3,(H2,29,33);1-2H3/b23-16-,24-2-,26-14+,31-15?,34-18-;. The number of carbonyl (C=O) groups excluding carboxylic acids is 1. The molecule has 39 heavy (non-hydrogen) atoms. The zero-order valence-electron chi connectivity index (χ0n) is 22.7. The first-order valence-corrected chi connectivity index (χ1v) is 13.8. The van der Waals surface area contributed by atoms with Crippen LogP contribution in [0.4, 0.5) is 0 Å². The normalized spacial score (nSPS) is 15.6. The lowest BCUT2D eigenvalue weighted by Gasteiger charge is -2.30. The van der Waals surface area contributed by atoms with Gasteiger partial charge in [0.15, 0.2) is 0 Å². The number of carbonyl (C=O) groups is 1. The number of amides is 1. The van der Waals surface area contributed by atoms with Crippen LogP contribution in [-0.4, -0.2) is 47.6 Å². The summed E-state index contributed by atoms with van der Waals surface area (Å²) in [5, 5.41) is 4.20. The highest BCUT2D eigenvalue weighted by atomic mass is 79.9. The van der Waals surface area contributed by atoms with Gasteiger partial charge in [0, 0.05) is 53.4 Å². The molecule has 1 aromatic carbocycles. The van der Waals surface area contributed by atoms with Crippen molar-refractivity contribution in [3.05, 3.63) is 83.0 Å².